The number of carboxylic acids is 1. The van der Waals surface area contributed by atoms with E-state index >= 15 is 0 Å². The molecule has 60 heavy (non-hydrogen) atoms. The van der Waals surface area contributed by atoms with Crippen molar-refractivity contribution >= 4 is 62.5 Å². The van der Waals surface area contributed by atoms with Gasteiger partial charge in [-0.25, -0.2) is 4.79 Å². The average molecular weight is 880 g/mol. The first-order valence-electron chi connectivity index (χ1n) is 19.7. The molecule has 1 aromatic heterocycles. The van der Waals surface area contributed by atoms with Gasteiger partial charge in [-0.3, -0.25) is 24.0 Å². The van der Waals surface area contributed by atoms with Crippen LogP contribution in [-0.4, -0.2) is 76.6 Å². The first kappa shape index (κ1) is 43.1. The van der Waals surface area contributed by atoms with E-state index < -0.39 is 66.3 Å². The Morgan fingerprint density at radius 2 is 1.37 bits per heavy atom. The van der Waals surface area contributed by atoms with E-state index in [4.69, 9.17) is 10.5 Å². The van der Waals surface area contributed by atoms with Crippen LogP contribution in [0.2, 0.25) is 0 Å². The minimum absolute atomic E-state index is 0.00928. The summed E-state index contributed by atoms with van der Waals surface area (Å²) in [5, 5.41) is 21.0. The van der Waals surface area contributed by atoms with Crippen LogP contribution in [0.5, 0.6) is 0 Å². The molecule has 0 spiro atoms. The third kappa shape index (κ3) is 10.8. The van der Waals surface area contributed by atoms with Crippen molar-refractivity contribution in [1.29, 1.82) is 0 Å². The molecule has 0 saturated carbocycles. The lowest BCUT2D eigenvalue weighted by molar-refractivity contribution is -0.141. The number of hydrogen-bond donors (Lipinski definition) is 7. The Kier molecular flexibility index (Phi) is 14.4. The molecule has 0 unspecified atom stereocenters. The molecule has 0 aliphatic heterocycles. The Balaban J connectivity index is 1.18. The molecular weight excluding hydrogens is 832 g/mol. The maximum absolute atomic E-state index is 14.2. The zero-order chi connectivity index (χ0) is 42.8. The van der Waals surface area contributed by atoms with Crippen molar-refractivity contribution in [2.45, 2.75) is 75.5 Å². The number of amides is 5. The van der Waals surface area contributed by atoms with Gasteiger partial charge in [0.15, 0.2) is 0 Å². The number of hydrogen-bond acceptors (Lipinski definition) is 7. The SMILES string of the molecule is CCCC[C@H](NC(=O)[C@H](Cc1c[nH]c2ccccc12)NC(=O)OCC1c2ccccc2-c2ccccc21)C(=O)N[C@@H](CC(=O)O)C(=O)N[C@@H](Cc1cccc(Br)c1)C(N)=O. The fourth-order valence-corrected chi connectivity index (χ4v) is 7.96. The van der Waals surface area contributed by atoms with Crippen molar-refractivity contribution in [2.75, 3.05) is 6.61 Å². The molecule has 4 aromatic carbocycles. The number of para-hydroxylation sites is 1. The molecule has 8 N–H and O–H groups in total. The van der Waals surface area contributed by atoms with Gasteiger partial charge < -0.3 is 41.8 Å². The number of carbonyl (C=O) groups is 6. The van der Waals surface area contributed by atoms with Gasteiger partial charge in [0.1, 0.15) is 30.8 Å². The van der Waals surface area contributed by atoms with Crippen molar-refractivity contribution < 1.29 is 38.6 Å². The summed E-state index contributed by atoms with van der Waals surface area (Å²) in [6.45, 7) is 1.90. The standard InChI is InChI=1S/C45H47BrN6O8/c1-2-3-18-36(42(56)51-39(23-40(53)54)44(58)50-37(41(47)55)21-26-11-10-12-28(46)20-26)49-43(57)38(22-27-24-48-35-19-9-8-13-29(27)35)52-45(59)60-25-34-32-16-6-4-14-30(32)31-15-5-7-17-33(31)34/h4-17,19-20,24,34,36-39,48H,2-3,18,21-23,25H2,1H3,(H2,47,55)(H,49,57)(H,50,58)(H,51,56)(H,52,59)(H,53,54)/t36-,37-,38-,39-/m0/s1. The number of ether oxygens (including phenoxy) is 1. The third-order valence-corrected chi connectivity index (χ3v) is 11.0. The minimum Gasteiger partial charge on any atom is -0.481 e. The first-order valence-corrected chi connectivity index (χ1v) is 20.5. The summed E-state index contributed by atoms with van der Waals surface area (Å²) in [6.07, 6.45) is 1.39. The molecule has 15 heteroatoms. The number of aromatic nitrogens is 1. The highest BCUT2D eigenvalue weighted by atomic mass is 79.9. The van der Waals surface area contributed by atoms with Crippen LogP contribution in [0.1, 0.15) is 60.8 Å². The molecule has 312 valence electrons. The fourth-order valence-electron chi connectivity index (χ4n) is 7.51. The molecule has 1 aliphatic carbocycles. The van der Waals surface area contributed by atoms with Gasteiger partial charge in [-0.05, 0) is 58.0 Å². The summed E-state index contributed by atoms with van der Waals surface area (Å²) in [5.41, 5.74) is 12.0. The molecule has 1 aliphatic rings. The Labute approximate surface area is 355 Å². The van der Waals surface area contributed by atoms with Crippen LogP contribution >= 0.6 is 15.9 Å². The van der Waals surface area contributed by atoms with Crippen molar-refractivity contribution in [2.24, 2.45) is 5.73 Å². The zero-order valence-corrected chi connectivity index (χ0v) is 34.5. The third-order valence-electron chi connectivity index (χ3n) is 10.5. The van der Waals surface area contributed by atoms with Crippen LogP contribution in [0.4, 0.5) is 4.79 Å². The Morgan fingerprint density at radius 1 is 0.750 bits per heavy atom. The number of benzene rings is 4. The number of rotatable bonds is 19. The molecule has 5 aromatic rings. The predicted molar refractivity (Wildman–Crippen MR) is 229 cm³/mol. The maximum atomic E-state index is 14.2. The number of primary amides is 1. The van der Waals surface area contributed by atoms with Crippen molar-refractivity contribution in [1.82, 2.24) is 26.3 Å². The number of nitrogens with one attached hydrogen (secondary N) is 5. The van der Waals surface area contributed by atoms with Crippen LogP contribution in [0, 0.1) is 0 Å². The van der Waals surface area contributed by atoms with Gasteiger partial charge in [0.25, 0.3) is 0 Å². The average Bonchev–Trinajstić information content (AvgIpc) is 3.79. The molecule has 5 amide bonds. The monoisotopic (exact) mass is 878 g/mol. The van der Waals surface area contributed by atoms with Crippen LogP contribution in [-0.2, 0) is 41.6 Å². The van der Waals surface area contributed by atoms with Gasteiger partial charge in [0.2, 0.25) is 23.6 Å². The van der Waals surface area contributed by atoms with Gasteiger partial charge in [0, 0.05) is 40.3 Å². The van der Waals surface area contributed by atoms with E-state index in [0.717, 1.165) is 43.2 Å². The van der Waals surface area contributed by atoms with Gasteiger partial charge in [-0.1, -0.05) is 115 Å². The summed E-state index contributed by atoms with van der Waals surface area (Å²) in [6, 6.07) is 25.1. The van der Waals surface area contributed by atoms with Crippen molar-refractivity contribution in [3.8, 4) is 11.1 Å². The molecule has 0 fully saturated rings. The smallest absolute Gasteiger partial charge is 0.407 e. The fraction of sp³-hybridized carbons (Fsp3) is 0.289. The highest BCUT2D eigenvalue weighted by Gasteiger charge is 2.34. The second kappa shape index (κ2) is 20.0. The molecule has 4 atom stereocenters. The van der Waals surface area contributed by atoms with Gasteiger partial charge in [-0.15, -0.1) is 0 Å². The van der Waals surface area contributed by atoms with E-state index in [0.29, 0.717) is 18.4 Å². The van der Waals surface area contributed by atoms with Crippen molar-refractivity contribution in [3.05, 3.63) is 130 Å². The molecule has 6 rings (SSSR count). The van der Waals surface area contributed by atoms with Crippen LogP contribution in [0.15, 0.2) is 108 Å². The number of fused-ring (bicyclic) bond motifs is 4. The molecule has 14 nitrogen and oxygen atoms in total. The lowest BCUT2D eigenvalue weighted by Crippen LogP contribution is -2.58. The predicted octanol–water partition coefficient (Wildman–Crippen LogP) is 5.23. The Hall–Kier alpha value is -6.48. The van der Waals surface area contributed by atoms with Gasteiger partial charge in [-0.2, -0.15) is 0 Å². The van der Waals surface area contributed by atoms with E-state index in [1.165, 1.54) is 0 Å². The first-order chi connectivity index (χ1) is 28.9. The molecule has 0 saturated heterocycles. The second-order valence-corrected chi connectivity index (χ2v) is 15.7. The quantitative estimate of drug-likeness (QED) is 0.0581. The lowest BCUT2D eigenvalue weighted by atomic mass is 9.98. The number of alkyl carbamates (subject to hydrolysis) is 1. The topological polar surface area (TPSA) is 222 Å². The van der Waals surface area contributed by atoms with E-state index in [1.807, 2.05) is 79.7 Å². The van der Waals surface area contributed by atoms with E-state index in [9.17, 15) is 33.9 Å². The lowest BCUT2D eigenvalue weighted by Gasteiger charge is -2.26. The van der Waals surface area contributed by atoms with Crippen LogP contribution < -0.4 is 27.0 Å². The van der Waals surface area contributed by atoms with Gasteiger partial charge >= 0.3 is 12.1 Å². The van der Waals surface area contributed by atoms with E-state index in [-0.39, 0.29) is 31.8 Å². The summed E-state index contributed by atoms with van der Waals surface area (Å²) < 4.78 is 6.54. The largest absolute Gasteiger partial charge is 0.481 e. The minimum atomic E-state index is -1.62. The van der Waals surface area contributed by atoms with Crippen LogP contribution in [0.3, 0.4) is 0 Å². The van der Waals surface area contributed by atoms with Gasteiger partial charge in [0.05, 0.1) is 6.42 Å². The number of aromatic amines is 1. The summed E-state index contributed by atoms with van der Waals surface area (Å²) >= 11 is 3.37. The number of aliphatic carboxylic acids is 1. The summed E-state index contributed by atoms with van der Waals surface area (Å²) in [7, 11) is 0. The zero-order valence-electron chi connectivity index (χ0n) is 32.9. The molecule has 1 heterocycles. The summed E-state index contributed by atoms with van der Waals surface area (Å²) in [4.78, 5) is 82.7. The summed E-state index contributed by atoms with van der Waals surface area (Å²) in [5.74, 6) is -4.94. The number of unbranched alkanes of at least 4 members (excludes halogenated alkanes) is 1. The second-order valence-electron chi connectivity index (χ2n) is 14.7. The number of halogens is 1. The van der Waals surface area contributed by atoms with E-state index in [2.05, 4.69) is 42.2 Å². The number of carbonyl (C=O) groups excluding carboxylic acids is 5. The van der Waals surface area contributed by atoms with Crippen molar-refractivity contribution in [3.63, 3.8) is 0 Å². The van der Waals surface area contributed by atoms with E-state index in [1.54, 1.807) is 30.5 Å². The Morgan fingerprint density at radius 3 is 2.03 bits per heavy atom. The van der Waals surface area contributed by atoms with Crippen LogP contribution in [0.25, 0.3) is 22.0 Å². The molecular formula is C45H47BrN6O8. The maximum Gasteiger partial charge on any atom is 0.407 e. The molecule has 0 radical (unpaired) electrons. The highest BCUT2D eigenvalue weighted by Crippen LogP contribution is 2.44. The normalized spacial score (nSPS) is 13.8. The number of carboxylic acid groups (broad SMARTS) is 1. The Bertz CT molecular complexity index is 2340. The highest BCUT2D eigenvalue weighted by molar-refractivity contribution is 9.10. The number of H-pyrrole nitrogens is 1. The molecule has 0 bridgehead atoms. The number of nitrogens with two attached hydrogens (primary N) is 1.